The summed E-state index contributed by atoms with van der Waals surface area (Å²) >= 11 is 5.84. The summed E-state index contributed by atoms with van der Waals surface area (Å²) < 4.78 is 38.8. The van der Waals surface area contributed by atoms with Crippen molar-refractivity contribution in [1.29, 1.82) is 0 Å². The zero-order valence-electron chi connectivity index (χ0n) is 14.6. The van der Waals surface area contributed by atoms with Gasteiger partial charge in [-0.3, -0.25) is 4.79 Å². The molecule has 1 aromatic carbocycles. The van der Waals surface area contributed by atoms with E-state index in [1.165, 1.54) is 6.92 Å². The van der Waals surface area contributed by atoms with Crippen molar-refractivity contribution in [3.8, 4) is 0 Å². The first-order valence-corrected chi connectivity index (χ1v) is 8.80. The fraction of sp³-hybridized carbons (Fsp3) is 0.389. The van der Waals surface area contributed by atoms with Crippen LogP contribution in [0.15, 0.2) is 30.3 Å². The molecule has 3 rings (SSSR count). The molecule has 0 saturated carbocycles. The van der Waals surface area contributed by atoms with Gasteiger partial charge in [0.15, 0.2) is 0 Å². The molecule has 5 nitrogen and oxygen atoms in total. The Bertz CT molecular complexity index is 818. The third-order valence-corrected chi connectivity index (χ3v) is 4.59. The van der Waals surface area contributed by atoms with Crippen molar-refractivity contribution in [3.05, 3.63) is 52.4 Å². The van der Waals surface area contributed by atoms with Gasteiger partial charge in [0.2, 0.25) is 5.91 Å². The van der Waals surface area contributed by atoms with Crippen molar-refractivity contribution in [2.45, 2.75) is 19.5 Å². The number of aryl methyl sites for hydroxylation is 1. The van der Waals surface area contributed by atoms with Gasteiger partial charge >= 0.3 is 6.18 Å². The number of aromatic nitrogens is 2. The van der Waals surface area contributed by atoms with E-state index in [0.29, 0.717) is 31.2 Å². The number of nitrogens with zero attached hydrogens (tertiary/aromatic N) is 4. The van der Waals surface area contributed by atoms with Crippen molar-refractivity contribution in [2.75, 3.05) is 31.1 Å². The van der Waals surface area contributed by atoms with E-state index in [4.69, 9.17) is 11.6 Å². The molecule has 9 heteroatoms. The van der Waals surface area contributed by atoms with Gasteiger partial charge in [-0.15, -0.1) is 0 Å². The number of rotatable bonds is 3. The van der Waals surface area contributed by atoms with E-state index >= 15 is 0 Å². The Kier molecular flexibility index (Phi) is 5.55. The Morgan fingerprint density at radius 3 is 2.33 bits per heavy atom. The number of anilines is 1. The molecule has 1 saturated heterocycles. The topological polar surface area (TPSA) is 49.3 Å². The molecule has 0 spiro atoms. The van der Waals surface area contributed by atoms with Crippen LogP contribution in [0.1, 0.15) is 17.1 Å². The lowest BCUT2D eigenvalue weighted by Gasteiger charge is -2.35. The largest absolute Gasteiger partial charge is 0.433 e. The number of amides is 1. The first-order chi connectivity index (χ1) is 12.7. The normalized spacial score (nSPS) is 15.1. The van der Waals surface area contributed by atoms with Crippen LogP contribution in [0, 0.1) is 6.92 Å². The van der Waals surface area contributed by atoms with E-state index in [1.54, 1.807) is 34.1 Å². The molecule has 1 aromatic heterocycles. The maximum atomic E-state index is 12.9. The Balaban J connectivity index is 1.62. The molecule has 2 aromatic rings. The minimum Gasteiger partial charge on any atom is -0.353 e. The number of piperazine rings is 1. The second kappa shape index (κ2) is 7.72. The molecule has 0 aliphatic carbocycles. The molecule has 0 bridgehead atoms. The molecule has 1 aliphatic rings. The van der Waals surface area contributed by atoms with Crippen molar-refractivity contribution < 1.29 is 18.0 Å². The summed E-state index contributed by atoms with van der Waals surface area (Å²) in [5.41, 5.74) is -0.0840. The Morgan fingerprint density at radius 1 is 1.11 bits per heavy atom. The van der Waals surface area contributed by atoms with E-state index in [1.807, 2.05) is 0 Å². The number of hydrogen-bond acceptors (Lipinski definition) is 4. The number of carbonyl (C=O) groups excluding carboxylic acids is 1. The second-order valence-corrected chi connectivity index (χ2v) is 6.76. The summed E-state index contributed by atoms with van der Waals surface area (Å²) in [4.78, 5) is 23.5. The molecular formula is C18H18ClF3N4O. The highest BCUT2D eigenvalue weighted by molar-refractivity contribution is 6.30. The van der Waals surface area contributed by atoms with Crippen molar-refractivity contribution in [3.63, 3.8) is 0 Å². The second-order valence-electron chi connectivity index (χ2n) is 6.33. The summed E-state index contributed by atoms with van der Waals surface area (Å²) in [5.74, 6) is 0.285. The van der Waals surface area contributed by atoms with Gasteiger partial charge in [-0.25, -0.2) is 9.97 Å². The molecular weight excluding hydrogens is 381 g/mol. The average Bonchev–Trinajstić information content (AvgIpc) is 2.62. The molecule has 0 N–H and O–H groups in total. The average molecular weight is 399 g/mol. The summed E-state index contributed by atoms with van der Waals surface area (Å²) in [5, 5.41) is 0.609. The van der Waals surface area contributed by atoms with Crippen LogP contribution in [0.2, 0.25) is 5.02 Å². The quantitative estimate of drug-likeness (QED) is 0.795. The first kappa shape index (κ1) is 19.4. The molecule has 0 unspecified atom stereocenters. The molecule has 1 aliphatic heterocycles. The molecule has 1 amide bonds. The van der Waals surface area contributed by atoms with Gasteiger partial charge in [0.25, 0.3) is 0 Å². The predicted octanol–water partition coefficient (Wildman–Crippen LogP) is 3.35. The standard InChI is InChI=1S/C18H18ClF3N4O/c1-12-23-15(18(20,21)22)11-16(24-12)25-6-8-26(9-7-25)17(27)10-13-2-4-14(19)5-3-13/h2-5,11H,6-10H2,1H3. The lowest BCUT2D eigenvalue weighted by Crippen LogP contribution is -2.49. The maximum absolute atomic E-state index is 12.9. The molecule has 0 atom stereocenters. The highest BCUT2D eigenvalue weighted by Gasteiger charge is 2.34. The zero-order valence-corrected chi connectivity index (χ0v) is 15.4. The van der Waals surface area contributed by atoms with E-state index in [9.17, 15) is 18.0 Å². The minimum absolute atomic E-state index is 0.0215. The Morgan fingerprint density at radius 2 is 1.74 bits per heavy atom. The summed E-state index contributed by atoms with van der Waals surface area (Å²) in [6.45, 7) is 3.12. The Labute approximate surface area is 159 Å². The molecule has 1 fully saturated rings. The smallest absolute Gasteiger partial charge is 0.353 e. The maximum Gasteiger partial charge on any atom is 0.433 e. The van der Waals surface area contributed by atoms with Crippen molar-refractivity contribution >= 4 is 23.3 Å². The number of benzene rings is 1. The molecule has 2 heterocycles. The molecule has 0 radical (unpaired) electrons. The van der Waals surface area contributed by atoms with E-state index in [2.05, 4.69) is 9.97 Å². The zero-order chi connectivity index (χ0) is 19.6. The van der Waals surface area contributed by atoms with Gasteiger partial charge in [-0.05, 0) is 24.6 Å². The van der Waals surface area contributed by atoms with Crippen LogP contribution in [-0.2, 0) is 17.4 Å². The van der Waals surface area contributed by atoms with Crippen molar-refractivity contribution in [1.82, 2.24) is 14.9 Å². The van der Waals surface area contributed by atoms with Crippen LogP contribution < -0.4 is 4.90 Å². The number of hydrogen-bond donors (Lipinski definition) is 0. The fourth-order valence-corrected chi connectivity index (χ4v) is 3.06. The lowest BCUT2D eigenvalue weighted by molar-refractivity contribution is -0.141. The number of carbonyl (C=O) groups is 1. The van der Waals surface area contributed by atoms with Gasteiger partial charge in [0, 0.05) is 37.3 Å². The van der Waals surface area contributed by atoms with Gasteiger partial charge in [0.1, 0.15) is 17.3 Å². The SMILES string of the molecule is Cc1nc(N2CCN(C(=O)Cc3ccc(Cl)cc3)CC2)cc(C(F)(F)F)n1. The van der Waals surface area contributed by atoms with Gasteiger partial charge in [0.05, 0.1) is 6.42 Å². The van der Waals surface area contributed by atoms with E-state index in [-0.39, 0.29) is 24.0 Å². The van der Waals surface area contributed by atoms with Crippen LogP contribution in [0.3, 0.4) is 0 Å². The van der Waals surface area contributed by atoms with Gasteiger partial charge in [-0.1, -0.05) is 23.7 Å². The summed E-state index contributed by atoms with van der Waals surface area (Å²) in [6, 6.07) is 8.03. The third-order valence-electron chi connectivity index (χ3n) is 4.34. The predicted molar refractivity (Wildman–Crippen MR) is 95.7 cm³/mol. The highest BCUT2D eigenvalue weighted by Crippen LogP contribution is 2.30. The highest BCUT2D eigenvalue weighted by atomic mass is 35.5. The minimum atomic E-state index is -4.52. The van der Waals surface area contributed by atoms with Crippen LogP contribution >= 0.6 is 11.6 Å². The summed E-state index contributed by atoms with van der Waals surface area (Å²) in [7, 11) is 0. The van der Waals surface area contributed by atoms with Crippen LogP contribution in [0.25, 0.3) is 0 Å². The third kappa shape index (κ3) is 4.88. The monoisotopic (exact) mass is 398 g/mol. The van der Waals surface area contributed by atoms with Gasteiger partial charge < -0.3 is 9.80 Å². The van der Waals surface area contributed by atoms with Crippen LogP contribution in [0.5, 0.6) is 0 Å². The van der Waals surface area contributed by atoms with Gasteiger partial charge in [-0.2, -0.15) is 13.2 Å². The van der Waals surface area contributed by atoms with Crippen LogP contribution in [-0.4, -0.2) is 47.0 Å². The summed E-state index contributed by atoms with van der Waals surface area (Å²) in [6.07, 6.45) is -4.25. The van der Waals surface area contributed by atoms with E-state index < -0.39 is 11.9 Å². The Hall–Kier alpha value is -2.35. The molecule has 144 valence electrons. The lowest BCUT2D eigenvalue weighted by atomic mass is 10.1. The van der Waals surface area contributed by atoms with E-state index in [0.717, 1.165) is 11.6 Å². The molecule has 27 heavy (non-hydrogen) atoms. The van der Waals surface area contributed by atoms with Crippen molar-refractivity contribution in [2.24, 2.45) is 0 Å². The number of halogens is 4. The number of alkyl halides is 3. The first-order valence-electron chi connectivity index (χ1n) is 8.42. The van der Waals surface area contributed by atoms with Crippen LogP contribution in [0.4, 0.5) is 19.0 Å². The fourth-order valence-electron chi connectivity index (χ4n) is 2.93.